The Hall–Kier alpha value is -1.82. The van der Waals surface area contributed by atoms with Crippen LogP contribution < -0.4 is 4.90 Å². The first-order valence-corrected chi connectivity index (χ1v) is 9.73. The number of fused-ring (bicyclic) bond motifs is 1. The minimum Gasteiger partial charge on any atom is -0.382 e. The molecule has 1 heterocycles. The van der Waals surface area contributed by atoms with Crippen LogP contribution in [0.15, 0.2) is 47.4 Å². The summed E-state index contributed by atoms with van der Waals surface area (Å²) in [4.78, 5) is 17.9. The zero-order chi connectivity index (χ0) is 18.8. The topological polar surface area (TPSA) is 43.8 Å². The fourth-order valence-corrected chi connectivity index (χ4v) is 4.45. The number of thioether (sulfide) groups is 1. The summed E-state index contributed by atoms with van der Waals surface area (Å²) in [6.45, 7) is 5.38. The molecule has 0 bridgehead atoms. The predicted octanol–water partition coefficient (Wildman–Crippen LogP) is 3.41. The summed E-state index contributed by atoms with van der Waals surface area (Å²) in [5, 5.41) is 10.6. The lowest BCUT2D eigenvalue weighted by atomic mass is 10.0. The van der Waals surface area contributed by atoms with Gasteiger partial charge in [0.05, 0.1) is 10.9 Å². The number of benzene rings is 2. The van der Waals surface area contributed by atoms with Crippen LogP contribution >= 0.6 is 11.8 Å². The van der Waals surface area contributed by atoms with E-state index >= 15 is 0 Å². The third-order valence-corrected chi connectivity index (χ3v) is 6.01. The van der Waals surface area contributed by atoms with Gasteiger partial charge >= 0.3 is 0 Å². The average molecular weight is 371 g/mol. The number of likely N-dealkylation sites (N-methyl/N-ethyl adjacent to an activating group) is 1. The molecule has 0 spiro atoms. The summed E-state index contributed by atoms with van der Waals surface area (Å²) in [6, 6.07) is 14.2. The quantitative estimate of drug-likeness (QED) is 0.896. The van der Waals surface area contributed by atoms with E-state index in [1.54, 1.807) is 16.7 Å². The van der Waals surface area contributed by atoms with Crippen LogP contribution in [0, 0.1) is 13.8 Å². The molecule has 1 N–H and O–H groups in total. The third kappa shape index (κ3) is 3.95. The molecule has 2 atom stereocenters. The van der Waals surface area contributed by atoms with Crippen LogP contribution in [0.4, 0.5) is 5.69 Å². The Labute approximate surface area is 159 Å². The van der Waals surface area contributed by atoms with Crippen molar-refractivity contribution in [1.82, 2.24) is 4.90 Å². The van der Waals surface area contributed by atoms with Crippen molar-refractivity contribution in [3.8, 4) is 0 Å². The Morgan fingerprint density at radius 1 is 1.08 bits per heavy atom. The van der Waals surface area contributed by atoms with Crippen molar-refractivity contribution < 1.29 is 9.90 Å². The number of aryl methyl sites for hydroxylation is 2. The highest BCUT2D eigenvalue weighted by molar-refractivity contribution is 7.99. The number of hydrogen-bond donors (Lipinski definition) is 1. The van der Waals surface area contributed by atoms with Gasteiger partial charge in [0.2, 0.25) is 0 Å². The van der Waals surface area contributed by atoms with E-state index in [1.165, 1.54) is 0 Å². The van der Waals surface area contributed by atoms with E-state index < -0.39 is 6.10 Å². The van der Waals surface area contributed by atoms with Gasteiger partial charge in [-0.1, -0.05) is 35.9 Å². The lowest BCUT2D eigenvalue weighted by Crippen LogP contribution is -2.43. The Balaban J connectivity index is 2.03. The van der Waals surface area contributed by atoms with Crippen LogP contribution in [-0.4, -0.2) is 49.2 Å². The molecule has 1 aliphatic heterocycles. The van der Waals surface area contributed by atoms with E-state index in [1.807, 2.05) is 62.3 Å². The van der Waals surface area contributed by atoms with Crippen molar-refractivity contribution in [2.75, 3.05) is 32.1 Å². The number of carbonyl (C=O) groups is 1. The number of amides is 1. The molecule has 5 heteroatoms. The Bertz CT molecular complexity index is 789. The SMILES string of the molecule is Cc1ccc([C@@H]2Sc3cc(C)ccc3N(CCN(C)C)C(=O)[C@@H]2O)cc1. The fourth-order valence-electron chi connectivity index (χ4n) is 3.08. The van der Waals surface area contributed by atoms with E-state index in [9.17, 15) is 9.90 Å². The average Bonchev–Trinajstić information content (AvgIpc) is 2.70. The molecule has 1 amide bonds. The van der Waals surface area contributed by atoms with Crippen molar-refractivity contribution in [3.05, 3.63) is 59.2 Å². The number of nitrogens with zero attached hydrogens (tertiary/aromatic N) is 2. The summed E-state index contributed by atoms with van der Waals surface area (Å²) in [7, 11) is 3.97. The highest BCUT2D eigenvalue weighted by Gasteiger charge is 2.37. The van der Waals surface area contributed by atoms with E-state index in [4.69, 9.17) is 0 Å². The zero-order valence-electron chi connectivity index (χ0n) is 15.8. The van der Waals surface area contributed by atoms with Gasteiger partial charge in [-0.2, -0.15) is 0 Å². The maximum atomic E-state index is 13.1. The van der Waals surface area contributed by atoms with Crippen molar-refractivity contribution in [2.24, 2.45) is 0 Å². The van der Waals surface area contributed by atoms with Gasteiger partial charge in [-0.05, 0) is 51.2 Å². The molecule has 0 aliphatic carbocycles. The molecule has 1 aliphatic rings. The molecule has 0 radical (unpaired) electrons. The van der Waals surface area contributed by atoms with Crippen molar-refractivity contribution >= 4 is 23.4 Å². The van der Waals surface area contributed by atoms with E-state index in [2.05, 4.69) is 13.0 Å². The highest BCUT2D eigenvalue weighted by Crippen LogP contribution is 2.46. The second kappa shape index (κ2) is 7.82. The van der Waals surface area contributed by atoms with Gasteiger partial charge in [0.1, 0.15) is 6.10 Å². The Morgan fingerprint density at radius 3 is 2.38 bits per heavy atom. The molecular weight excluding hydrogens is 344 g/mol. The molecule has 3 rings (SSSR count). The summed E-state index contributed by atoms with van der Waals surface area (Å²) in [6.07, 6.45) is -1.07. The van der Waals surface area contributed by atoms with Crippen LogP contribution in [0.5, 0.6) is 0 Å². The molecule has 0 aromatic heterocycles. The molecule has 4 nitrogen and oxygen atoms in total. The van der Waals surface area contributed by atoms with Gasteiger partial charge in [-0.15, -0.1) is 11.8 Å². The van der Waals surface area contributed by atoms with E-state index in [0.717, 1.165) is 33.8 Å². The molecule has 0 saturated heterocycles. The number of aliphatic hydroxyl groups excluding tert-OH is 1. The smallest absolute Gasteiger partial charge is 0.257 e. The number of carbonyl (C=O) groups excluding carboxylic acids is 1. The molecule has 0 saturated carbocycles. The van der Waals surface area contributed by atoms with Gasteiger partial charge in [-0.3, -0.25) is 4.79 Å². The monoisotopic (exact) mass is 370 g/mol. The van der Waals surface area contributed by atoms with Crippen LogP contribution in [0.1, 0.15) is 21.9 Å². The van der Waals surface area contributed by atoms with E-state index in [0.29, 0.717) is 6.54 Å². The first kappa shape index (κ1) is 19.0. The predicted molar refractivity (Wildman–Crippen MR) is 108 cm³/mol. The maximum Gasteiger partial charge on any atom is 0.257 e. The van der Waals surface area contributed by atoms with Crippen LogP contribution in [0.25, 0.3) is 0 Å². The Morgan fingerprint density at radius 2 is 1.73 bits per heavy atom. The summed E-state index contributed by atoms with van der Waals surface area (Å²) < 4.78 is 0. The molecule has 0 unspecified atom stereocenters. The van der Waals surface area contributed by atoms with Crippen LogP contribution in [0.2, 0.25) is 0 Å². The van der Waals surface area contributed by atoms with Gasteiger partial charge in [-0.25, -0.2) is 0 Å². The molecule has 26 heavy (non-hydrogen) atoms. The highest BCUT2D eigenvalue weighted by atomic mass is 32.2. The molecule has 138 valence electrons. The van der Waals surface area contributed by atoms with Gasteiger partial charge in [0, 0.05) is 18.0 Å². The Kier molecular flexibility index (Phi) is 5.70. The van der Waals surface area contributed by atoms with Crippen LogP contribution in [-0.2, 0) is 4.79 Å². The standard InChI is InChI=1S/C21H26N2O2S/c1-14-5-8-16(9-6-14)20-19(24)21(25)23(12-11-22(3)4)17-10-7-15(2)13-18(17)26-20/h5-10,13,19-20,24H,11-12H2,1-4H3/t19-,20+/m1/s1. The second-order valence-corrected chi connectivity index (χ2v) is 8.34. The molecule has 2 aromatic rings. The summed E-state index contributed by atoms with van der Waals surface area (Å²) in [5.41, 5.74) is 4.18. The van der Waals surface area contributed by atoms with Crippen molar-refractivity contribution in [3.63, 3.8) is 0 Å². The lowest BCUT2D eigenvalue weighted by Gasteiger charge is -2.26. The minimum absolute atomic E-state index is 0.229. The van der Waals surface area contributed by atoms with Gasteiger partial charge in [0.15, 0.2) is 0 Å². The van der Waals surface area contributed by atoms with E-state index in [-0.39, 0.29) is 11.2 Å². The molecule has 0 fully saturated rings. The summed E-state index contributed by atoms with van der Waals surface area (Å²) in [5.74, 6) is -0.229. The van der Waals surface area contributed by atoms with Crippen molar-refractivity contribution in [1.29, 1.82) is 0 Å². The van der Waals surface area contributed by atoms with Crippen molar-refractivity contribution in [2.45, 2.75) is 30.1 Å². The normalized spacial score (nSPS) is 20.2. The van der Waals surface area contributed by atoms with Gasteiger partial charge < -0.3 is 14.9 Å². The fraction of sp³-hybridized carbons (Fsp3) is 0.381. The zero-order valence-corrected chi connectivity index (χ0v) is 16.6. The first-order valence-electron chi connectivity index (χ1n) is 8.85. The number of aliphatic hydroxyl groups is 1. The lowest BCUT2D eigenvalue weighted by molar-refractivity contribution is -0.126. The van der Waals surface area contributed by atoms with Crippen LogP contribution in [0.3, 0.4) is 0 Å². The number of rotatable bonds is 4. The maximum absolute atomic E-state index is 13.1. The second-order valence-electron chi connectivity index (χ2n) is 7.16. The minimum atomic E-state index is -1.07. The third-order valence-electron chi connectivity index (χ3n) is 4.64. The first-order chi connectivity index (χ1) is 12.4. The summed E-state index contributed by atoms with van der Waals surface area (Å²) >= 11 is 1.57. The van der Waals surface area contributed by atoms with Gasteiger partial charge in [0.25, 0.3) is 5.91 Å². The molecule has 2 aromatic carbocycles. The largest absolute Gasteiger partial charge is 0.382 e. The number of anilines is 1. The molecular formula is C21H26N2O2S. The number of hydrogen-bond acceptors (Lipinski definition) is 4.